The zero-order chi connectivity index (χ0) is 13.8. The standard InChI is InChI=1S/C16H19NO2S/c1-2-17-13(10-12-6-5-9-20-12)16-11-18-14-7-3-4-8-15(14)19-16/h3-9,13,16-17H,2,10-11H2,1H3. The van der Waals surface area contributed by atoms with Crippen molar-refractivity contribution in [2.75, 3.05) is 13.2 Å². The van der Waals surface area contributed by atoms with Crippen molar-refractivity contribution in [1.29, 1.82) is 0 Å². The highest BCUT2D eigenvalue weighted by atomic mass is 32.1. The fourth-order valence-electron chi connectivity index (χ4n) is 2.48. The summed E-state index contributed by atoms with van der Waals surface area (Å²) >= 11 is 1.79. The number of para-hydroxylation sites is 2. The Hall–Kier alpha value is -1.52. The SMILES string of the molecule is CCNC(Cc1cccs1)C1COc2ccccc2O1. The molecule has 0 aliphatic carbocycles. The minimum absolute atomic E-state index is 0.0481. The number of hydrogen-bond acceptors (Lipinski definition) is 4. The van der Waals surface area contributed by atoms with E-state index in [9.17, 15) is 0 Å². The molecule has 2 aromatic rings. The summed E-state index contributed by atoms with van der Waals surface area (Å²) in [5.74, 6) is 1.69. The number of thiophene rings is 1. The molecule has 3 rings (SSSR count). The van der Waals surface area contributed by atoms with Gasteiger partial charge < -0.3 is 14.8 Å². The van der Waals surface area contributed by atoms with Crippen LogP contribution >= 0.6 is 11.3 Å². The van der Waals surface area contributed by atoms with Crippen LogP contribution in [-0.4, -0.2) is 25.3 Å². The van der Waals surface area contributed by atoms with Crippen LogP contribution in [-0.2, 0) is 6.42 Å². The van der Waals surface area contributed by atoms with Crippen molar-refractivity contribution in [1.82, 2.24) is 5.32 Å². The van der Waals surface area contributed by atoms with E-state index in [-0.39, 0.29) is 12.1 Å². The van der Waals surface area contributed by atoms with E-state index in [1.54, 1.807) is 11.3 Å². The largest absolute Gasteiger partial charge is 0.486 e. The Kier molecular flexibility index (Phi) is 4.23. The van der Waals surface area contributed by atoms with Gasteiger partial charge in [0.05, 0.1) is 6.04 Å². The van der Waals surface area contributed by atoms with Gasteiger partial charge in [0.1, 0.15) is 12.7 Å². The predicted molar refractivity (Wildman–Crippen MR) is 81.8 cm³/mol. The van der Waals surface area contributed by atoms with E-state index in [0.29, 0.717) is 6.61 Å². The number of ether oxygens (including phenoxy) is 2. The summed E-state index contributed by atoms with van der Waals surface area (Å²) in [4.78, 5) is 1.37. The molecule has 1 aromatic carbocycles. The first-order valence-corrected chi connectivity index (χ1v) is 7.89. The minimum Gasteiger partial charge on any atom is -0.486 e. The van der Waals surface area contributed by atoms with E-state index in [0.717, 1.165) is 24.5 Å². The first-order valence-electron chi connectivity index (χ1n) is 7.01. The van der Waals surface area contributed by atoms with Gasteiger partial charge in [-0.3, -0.25) is 0 Å². The Morgan fingerprint density at radius 1 is 1.25 bits per heavy atom. The molecule has 1 aliphatic heterocycles. The van der Waals surface area contributed by atoms with Crippen molar-refractivity contribution in [2.24, 2.45) is 0 Å². The normalized spacial score (nSPS) is 18.8. The van der Waals surface area contributed by atoms with E-state index in [1.165, 1.54) is 4.88 Å². The third-order valence-electron chi connectivity index (χ3n) is 3.45. The molecule has 20 heavy (non-hydrogen) atoms. The predicted octanol–water partition coefficient (Wildman–Crippen LogP) is 3.11. The van der Waals surface area contributed by atoms with Crippen LogP contribution in [0.1, 0.15) is 11.8 Å². The van der Waals surface area contributed by atoms with Crippen LogP contribution in [0.25, 0.3) is 0 Å². The molecule has 1 N–H and O–H groups in total. The summed E-state index contributed by atoms with van der Waals surface area (Å²) < 4.78 is 11.9. The van der Waals surface area contributed by atoms with Gasteiger partial charge in [-0.15, -0.1) is 11.3 Å². The van der Waals surface area contributed by atoms with Gasteiger partial charge in [-0.05, 0) is 30.1 Å². The average Bonchev–Trinajstić information content (AvgIpc) is 2.99. The van der Waals surface area contributed by atoms with Crippen LogP contribution < -0.4 is 14.8 Å². The van der Waals surface area contributed by atoms with E-state index in [2.05, 4.69) is 29.8 Å². The van der Waals surface area contributed by atoms with Crippen LogP contribution in [0.3, 0.4) is 0 Å². The highest BCUT2D eigenvalue weighted by Crippen LogP contribution is 2.32. The molecule has 4 heteroatoms. The second-order valence-electron chi connectivity index (χ2n) is 4.86. The Morgan fingerprint density at radius 2 is 2.10 bits per heavy atom. The molecule has 2 heterocycles. The van der Waals surface area contributed by atoms with Gasteiger partial charge in [-0.1, -0.05) is 25.1 Å². The fourth-order valence-corrected chi connectivity index (χ4v) is 3.24. The molecule has 0 saturated heterocycles. The van der Waals surface area contributed by atoms with Crippen molar-refractivity contribution >= 4 is 11.3 Å². The number of benzene rings is 1. The maximum Gasteiger partial charge on any atom is 0.161 e. The summed E-state index contributed by atoms with van der Waals surface area (Å²) in [5.41, 5.74) is 0. The molecule has 1 aromatic heterocycles. The first-order chi connectivity index (χ1) is 9.86. The number of hydrogen-bond donors (Lipinski definition) is 1. The average molecular weight is 289 g/mol. The molecule has 0 radical (unpaired) electrons. The zero-order valence-corrected chi connectivity index (χ0v) is 12.4. The minimum atomic E-state index is 0.0481. The number of likely N-dealkylation sites (N-methyl/N-ethyl adjacent to an activating group) is 1. The van der Waals surface area contributed by atoms with Crippen molar-refractivity contribution in [3.63, 3.8) is 0 Å². The number of fused-ring (bicyclic) bond motifs is 1. The van der Waals surface area contributed by atoms with Crippen LogP contribution in [0.2, 0.25) is 0 Å². The summed E-state index contributed by atoms with van der Waals surface area (Å²) in [6, 6.07) is 12.4. The van der Waals surface area contributed by atoms with Crippen molar-refractivity contribution in [2.45, 2.75) is 25.5 Å². The Morgan fingerprint density at radius 3 is 2.85 bits per heavy atom. The molecule has 106 valence electrons. The third kappa shape index (κ3) is 2.97. The molecule has 0 saturated carbocycles. The summed E-state index contributed by atoms with van der Waals surface area (Å²) in [5, 5.41) is 5.64. The van der Waals surface area contributed by atoms with Crippen LogP contribution in [0.4, 0.5) is 0 Å². The third-order valence-corrected chi connectivity index (χ3v) is 4.35. The highest BCUT2D eigenvalue weighted by molar-refractivity contribution is 7.09. The maximum absolute atomic E-state index is 6.11. The molecular weight excluding hydrogens is 270 g/mol. The van der Waals surface area contributed by atoms with Gasteiger partial charge in [-0.25, -0.2) is 0 Å². The van der Waals surface area contributed by atoms with E-state index in [4.69, 9.17) is 9.47 Å². The van der Waals surface area contributed by atoms with Crippen molar-refractivity contribution in [3.8, 4) is 11.5 Å². The lowest BCUT2D eigenvalue weighted by molar-refractivity contribution is 0.0626. The number of nitrogens with one attached hydrogen (secondary N) is 1. The monoisotopic (exact) mass is 289 g/mol. The zero-order valence-electron chi connectivity index (χ0n) is 11.5. The topological polar surface area (TPSA) is 30.5 Å². The lowest BCUT2D eigenvalue weighted by Crippen LogP contribution is -2.48. The first kappa shape index (κ1) is 13.5. The smallest absolute Gasteiger partial charge is 0.161 e. The molecule has 0 spiro atoms. The van der Waals surface area contributed by atoms with Crippen molar-refractivity contribution < 1.29 is 9.47 Å². The van der Waals surface area contributed by atoms with E-state index >= 15 is 0 Å². The lowest BCUT2D eigenvalue weighted by Gasteiger charge is -2.32. The Balaban J connectivity index is 1.72. The molecule has 2 atom stereocenters. The summed E-state index contributed by atoms with van der Waals surface area (Å²) in [6.07, 6.45) is 1.02. The Labute approximate surface area is 123 Å². The van der Waals surface area contributed by atoms with Gasteiger partial charge in [0, 0.05) is 11.3 Å². The second-order valence-corrected chi connectivity index (χ2v) is 5.89. The quantitative estimate of drug-likeness (QED) is 0.917. The second kappa shape index (κ2) is 6.29. The van der Waals surface area contributed by atoms with E-state index < -0.39 is 0 Å². The summed E-state index contributed by atoms with van der Waals surface area (Å²) in [6.45, 7) is 3.65. The lowest BCUT2D eigenvalue weighted by atomic mass is 10.1. The molecule has 0 fully saturated rings. The van der Waals surface area contributed by atoms with E-state index in [1.807, 2.05) is 24.3 Å². The molecule has 3 nitrogen and oxygen atoms in total. The van der Waals surface area contributed by atoms with Gasteiger partial charge >= 0.3 is 0 Å². The highest BCUT2D eigenvalue weighted by Gasteiger charge is 2.28. The molecule has 2 unspecified atom stereocenters. The Bertz CT molecular complexity index is 541. The molecule has 1 aliphatic rings. The van der Waals surface area contributed by atoms with Gasteiger partial charge in [0.2, 0.25) is 0 Å². The van der Waals surface area contributed by atoms with Gasteiger partial charge in [0.25, 0.3) is 0 Å². The molecule has 0 bridgehead atoms. The van der Waals surface area contributed by atoms with Gasteiger partial charge in [0.15, 0.2) is 11.5 Å². The fraction of sp³-hybridized carbons (Fsp3) is 0.375. The van der Waals surface area contributed by atoms with Crippen molar-refractivity contribution in [3.05, 3.63) is 46.7 Å². The van der Waals surface area contributed by atoms with Gasteiger partial charge in [-0.2, -0.15) is 0 Å². The van der Waals surface area contributed by atoms with Crippen LogP contribution in [0, 0.1) is 0 Å². The van der Waals surface area contributed by atoms with Crippen LogP contribution in [0.5, 0.6) is 11.5 Å². The maximum atomic E-state index is 6.11. The van der Waals surface area contributed by atoms with Crippen LogP contribution in [0.15, 0.2) is 41.8 Å². The molecular formula is C16H19NO2S. The summed E-state index contributed by atoms with van der Waals surface area (Å²) in [7, 11) is 0. The molecule has 0 amide bonds. The number of rotatable bonds is 5.